The van der Waals surface area contributed by atoms with Crippen molar-refractivity contribution in [1.29, 1.82) is 0 Å². The highest BCUT2D eigenvalue weighted by Gasteiger charge is 2.16. The monoisotopic (exact) mass is 378 g/mol. The largest absolute Gasteiger partial charge is 0.434 e. The molecule has 0 bridgehead atoms. The molecule has 2 amide bonds. The Bertz CT molecular complexity index is 714. The highest BCUT2D eigenvalue weighted by atomic mass is 19.3. The van der Waals surface area contributed by atoms with Crippen molar-refractivity contribution in [2.75, 3.05) is 27.2 Å². The molecular weight excluding hydrogens is 354 g/mol. The summed E-state index contributed by atoms with van der Waals surface area (Å²) >= 11 is 0. The molecule has 0 radical (unpaired) electrons. The van der Waals surface area contributed by atoms with Crippen LogP contribution in [0.5, 0.6) is 5.75 Å². The predicted octanol–water partition coefficient (Wildman–Crippen LogP) is 2.96. The summed E-state index contributed by atoms with van der Waals surface area (Å²) in [4.78, 5) is 20.4. The van der Waals surface area contributed by atoms with Crippen LogP contribution in [0.15, 0.2) is 48.8 Å². The van der Waals surface area contributed by atoms with Gasteiger partial charge in [-0.3, -0.25) is 4.98 Å². The van der Waals surface area contributed by atoms with Crippen molar-refractivity contribution in [3.8, 4) is 5.75 Å². The molecule has 1 N–H and O–H groups in total. The Balaban J connectivity index is 2.02. The molecule has 8 heteroatoms. The molecule has 0 fully saturated rings. The fourth-order valence-electron chi connectivity index (χ4n) is 2.43. The van der Waals surface area contributed by atoms with Crippen LogP contribution in [0.4, 0.5) is 13.6 Å². The van der Waals surface area contributed by atoms with Crippen LogP contribution in [-0.4, -0.2) is 54.6 Å². The van der Waals surface area contributed by atoms with E-state index in [2.05, 4.69) is 15.0 Å². The number of aromatic nitrogens is 1. The fourth-order valence-corrected chi connectivity index (χ4v) is 2.43. The zero-order valence-corrected chi connectivity index (χ0v) is 15.4. The van der Waals surface area contributed by atoms with Crippen LogP contribution in [0, 0.1) is 0 Å². The van der Waals surface area contributed by atoms with E-state index in [0.717, 1.165) is 5.56 Å². The molecule has 2 rings (SSSR count). The van der Waals surface area contributed by atoms with Gasteiger partial charge in [-0.2, -0.15) is 8.78 Å². The molecule has 6 nitrogen and oxygen atoms in total. The van der Waals surface area contributed by atoms with Crippen LogP contribution < -0.4 is 10.1 Å². The number of nitrogens with zero attached hydrogens (tertiary/aromatic N) is 3. The molecule has 0 atom stereocenters. The second kappa shape index (κ2) is 10.4. The van der Waals surface area contributed by atoms with Gasteiger partial charge in [-0.25, -0.2) is 4.79 Å². The van der Waals surface area contributed by atoms with E-state index in [1.165, 1.54) is 6.07 Å². The normalized spacial score (nSPS) is 10.9. The van der Waals surface area contributed by atoms with Crippen molar-refractivity contribution >= 4 is 6.03 Å². The van der Waals surface area contributed by atoms with Crippen molar-refractivity contribution in [1.82, 2.24) is 20.1 Å². The quantitative estimate of drug-likeness (QED) is 0.729. The SMILES string of the molecule is CN(C)CCN(Cc1cccnc1)C(=O)NCc1ccccc1OC(F)F. The van der Waals surface area contributed by atoms with E-state index in [-0.39, 0.29) is 18.3 Å². The first-order valence-electron chi connectivity index (χ1n) is 8.55. The second-order valence-corrected chi connectivity index (χ2v) is 6.23. The first-order valence-corrected chi connectivity index (χ1v) is 8.55. The van der Waals surface area contributed by atoms with Crippen LogP contribution in [0.25, 0.3) is 0 Å². The van der Waals surface area contributed by atoms with Crippen LogP contribution in [0.3, 0.4) is 0 Å². The van der Waals surface area contributed by atoms with Gasteiger partial charge >= 0.3 is 12.6 Å². The van der Waals surface area contributed by atoms with Gasteiger partial charge in [-0.1, -0.05) is 24.3 Å². The van der Waals surface area contributed by atoms with E-state index in [0.29, 0.717) is 25.2 Å². The number of alkyl halides is 2. The number of likely N-dealkylation sites (N-methyl/N-ethyl adjacent to an activating group) is 1. The van der Waals surface area contributed by atoms with Gasteiger partial charge in [0, 0.05) is 44.1 Å². The number of hydrogen-bond donors (Lipinski definition) is 1. The maximum Gasteiger partial charge on any atom is 0.387 e. The first kappa shape index (κ1) is 20.6. The first-order chi connectivity index (χ1) is 13.0. The molecule has 146 valence electrons. The summed E-state index contributed by atoms with van der Waals surface area (Å²) in [6.45, 7) is -1.21. The molecule has 0 saturated carbocycles. The van der Waals surface area contributed by atoms with Gasteiger partial charge in [0.05, 0.1) is 0 Å². The van der Waals surface area contributed by atoms with Crippen LogP contribution in [0.1, 0.15) is 11.1 Å². The Kier molecular flexibility index (Phi) is 7.94. The number of amides is 2. The molecule has 1 heterocycles. The lowest BCUT2D eigenvalue weighted by atomic mass is 10.2. The van der Waals surface area contributed by atoms with E-state index in [1.807, 2.05) is 31.1 Å². The molecule has 0 aliphatic heterocycles. The third-order valence-corrected chi connectivity index (χ3v) is 3.82. The molecule has 0 aliphatic rings. The molecule has 0 saturated heterocycles. The average Bonchev–Trinajstić information content (AvgIpc) is 2.64. The summed E-state index contributed by atoms with van der Waals surface area (Å²) < 4.78 is 29.5. The molecule has 1 aromatic carbocycles. The Morgan fingerprint density at radius 3 is 2.63 bits per heavy atom. The van der Waals surface area contributed by atoms with Gasteiger partial charge in [0.1, 0.15) is 5.75 Å². The lowest BCUT2D eigenvalue weighted by Crippen LogP contribution is -2.42. The molecule has 0 unspecified atom stereocenters. The fraction of sp³-hybridized carbons (Fsp3) is 0.368. The van der Waals surface area contributed by atoms with Gasteiger partial charge in [0.2, 0.25) is 0 Å². The van der Waals surface area contributed by atoms with Crippen molar-refractivity contribution in [3.63, 3.8) is 0 Å². The van der Waals surface area contributed by atoms with Gasteiger partial charge in [-0.05, 0) is 31.8 Å². The van der Waals surface area contributed by atoms with Crippen LogP contribution in [-0.2, 0) is 13.1 Å². The summed E-state index contributed by atoms with van der Waals surface area (Å²) in [5, 5.41) is 2.78. The Morgan fingerprint density at radius 2 is 1.96 bits per heavy atom. The number of pyridine rings is 1. The minimum atomic E-state index is -2.91. The molecule has 0 aliphatic carbocycles. The van der Waals surface area contributed by atoms with Crippen LogP contribution >= 0.6 is 0 Å². The minimum absolute atomic E-state index is 0.0555. The lowest BCUT2D eigenvalue weighted by Gasteiger charge is -2.25. The molecule has 27 heavy (non-hydrogen) atoms. The number of rotatable bonds is 9. The molecule has 1 aromatic heterocycles. The second-order valence-electron chi connectivity index (χ2n) is 6.23. The molecule has 2 aromatic rings. The molecule has 0 spiro atoms. The third kappa shape index (κ3) is 7.18. The summed E-state index contributed by atoms with van der Waals surface area (Å²) in [6.07, 6.45) is 3.38. The van der Waals surface area contributed by atoms with Crippen molar-refractivity contribution in [2.24, 2.45) is 0 Å². The Hall–Kier alpha value is -2.74. The summed E-state index contributed by atoms with van der Waals surface area (Å²) in [7, 11) is 3.86. The Labute approximate surface area is 157 Å². The average molecular weight is 378 g/mol. The van der Waals surface area contributed by atoms with Gasteiger partial charge in [0.25, 0.3) is 0 Å². The minimum Gasteiger partial charge on any atom is -0.434 e. The smallest absolute Gasteiger partial charge is 0.387 e. The topological polar surface area (TPSA) is 57.7 Å². The summed E-state index contributed by atoms with van der Waals surface area (Å²) in [5.41, 5.74) is 1.40. The van der Waals surface area contributed by atoms with E-state index < -0.39 is 6.61 Å². The van der Waals surface area contributed by atoms with Gasteiger partial charge in [0.15, 0.2) is 0 Å². The lowest BCUT2D eigenvalue weighted by molar-refractivity contribution is -0.0504. The van der Waals surface area contributed by atoms with E-state index in [9.17, 15) is 13.6 Å². The number of halogens is 2. The number of urea groups is 1. The number of benzene rings is 1. The maximum absolute atomic E-state index is 12.7. The summed E-state index contributed by atoms with van der Waals surface area (Å²) in [6, 6.07) is 9.83. The number of carbonyl (C=O) groups is 1. The van der Waals surface area contributed by atoms with Crippen molar-refractivity contribution in [3.05, 3.63) is 59.9 Å². The van der Waals surface area contributed by atoms with E-state index in [1.54, 1.807) is 35.5 Å². The van der Waals surface area contributed by atoms with Gasteiger partial charge in [-0.15, -0.1) is 0 Å². The van der Waals surface area contributed by atoms with Gasteiger partial charge < -0.3 is 19.9 Å². The predicted molar refractivity (Wildman–Crippen MR) is 98.5 cm³/mol. The summed E-state index contributed by atoms with van der Waals surface area (Å²) in [5.74, 6) is 0.0555. The highest BCUT2D eigenvalue weighted by molar-refractivity contribution is 5.74. The zero-order valence-electron chi connectivity index (χ0n) is 15.4. The number of para-hydroxylation sites is 1. The maximum atomic E-state index is 12.7. The number of nitrogens with one attached hydrogen (secondary N) is 1. The number of ether oxygens (including phenoxy) is 1. The Morgan fingerprint density at radius 1 is 1.19 bits per heavy atom. The number of carbonyl (C=O) groups excluding carboxylic acids is 1. The van der Waals surface area contributed by atoms with Crippen molar-refractivity contribution in [2.45, 2.75) is 19.7 Å². The zero-order chi connectivity index (χ0) is 19.6. The van der Waals surface area contributed by atoms with Crippen LogP contribution in [0.2, 0.25) is 0 Å². The van der Waals surface area contributed by atoms with Crippen molar-refractivity contribution < 1.29 is 18.3 Å². The number of hydrogen-bond acceptors (Lipinski definition) is 4. The highest BCUT2D eigenvalue weighted by Crippen LogP contribution is 2.20. The van der Waals surface area contributed by atoms with E-state index in [4.69, 9.17) is 0 Å². The van der Waals surface area contributed by atoms with E-state index >= 15 is 0 Å². The molecular formula is C19H24F2N4O2. The third-order valence-electron chi connectivity index (χ3n) is 3.82. The standard InChI is InChI=1S/C19H24F2N4O2/c1-24(2)10-11-25(14-15-6-5-9-22-12-15)19(26)23-13-16-7-3-4-8-17(16)27-18(20)21/h3-9,12,18H,10-11,13-14H2,1-2H3,(H,23,26).